The van der Waals surface area contributed by atoms with Gasteiger partial charge in [0.15, 0.2) is 5.78 Å². The van der Waals surface area contributed by atoms with Gasteiger partial charge < -0.3 is 15.4 Å². The minimum Gasteiger partial charge on any atom is -0.497 e. The van der Waals surface area contributed by atoms with Crippen LogP contribution in [-0.4, -0.2) is 23.8 Å². The second-order valence-corrected chi connectivity index (χ2v) is 9.91. The molecule has 1 amide bonds. The first-order valence-electron chi connectivity index (χ1n) is 11.9. The topological polar surface area (TPSA) is 80.3 Å². The number of carbonyl (C=O) groups excluding carboxylic acids is 2. The lowest BCUT2D eigenvalue weighted by Crippen LogP contribution is -2.37. The number of dihydropyridines is 1. The standard InChI is InChI=1S/C29H25Cl2N3O3/c1-16-25(29(36)34-19-5-4-12-32-15-19)26(21-6-3-7-22(30)28(21)31)27-23(33-16)13-18(14-24(27)35)17-8-10-20(37-2)11-9-17/h3-12,15,18,26,33H,13-14H2,1-2H3,(H,34,36). The normalized spacial score (nSPS) is 19.3. The molecule has 1 aromatic heterocycles. The number of carbonyl (C=O) groups is 2. The molecule has 1 aliphatic carbocycles. The highest BCUT2D eigenvalue weighted by Gasteiger charge is 2.41. The van der Waals surface area contributed by atoms with Gasteiger partial charge in [-0.25, -0.2) is 0 Å². The quantitative estimate of drug-likeness (QED) is 0.396. The van der Waals surface area contributed by atoms with Crippen LogP contribution in [0.15, 0.2) is 89.5 Å². The molecule has 5 rings (SSSR count). The van der Waals surface area contributed by atoms with E-state index in [2.05, 4.69) is 15.6 Å². The van der Waals surface area contributed by atoms with Crippen LogP contribution in [0, 0.1) is 0 Å². The van der Waals surface area contributed by atoms with Gasteiger partial charge in [-0.3, -0.25) is 14.6 Å². The molecule has 1 aliphatic heterocycles. The Labute approximate surface area is 225 Å². The third kappa shape index (κ3) is 4.87. The maximum absolute atomic E-state index is 13.8. The molecule has 2 N–H and O–H groups in total. The monoisotopic (exact) mass is 533 g/mol. The van der Waals surface area contributed by atoms with Crippen LogP contribution in [-0.2, 0) is 9.59 Å². The second kappa shape index (κ2) is 10.4. The van der Waals surface area contributed by atoms with Gasteiger partial charge in [0, 0.05) is 41.1 Å². The Hall–Kier alpha value is -3.61. The van der Waals surface area contributed by atoms with Crippen LogP contribution >= 0.6 is 23.2 Å². The fourth-order valence-corrected chi connectivity index (χ4v) is 5.56. The number of ether oxygens (including phenoxy) is 1. The molecule has 2 unspecified atom stereocenters. The third-order valence-corrected chi connectivity index (χ3v) is 7.70. The van der Waals surface area contributed by atoms with Gasteiger partial charge in [0.2, 0.25) is 0 Å². The molecule has 2 aliphatic rings. The van der Waals surface area contributed by atoms with E-state index in [9.17, 15) is 9.59 Å². The van der Waals surface area contributed by atoms with Crippen LogP contribution < -0.4 is 15.4 Å². The maximum Gasteiger partial charge on any atom is 0.254 e. The van der Waals surface area contributed by atoms with Gasteiger partial charge >= 0.3 is 0 Å². The van der Waals surface area contributed by atoms with Gasteiger partial charge in [-0.1, -0.05) is 47.5 Å². The summed E-state index contributed by atoms with van der Waals surface area (Å²) in [6.45, 7) is 1.84. The van der Waals surface area contributed by atoms with Crippen molar-refractivity contribution < 1.29 is 14.3 Å². The molecular weight excluding hydrogens is 509 g/mol. The third-order valence-electron chi connectivity index (χ3n) is 6.87. The maximum atomic E-state index is 13.8. The zero-order valence-corrected chi connectivity index (χ0v) is 21.9. The highest BCUT2D eigenvalue weighted by atomic mass is 35.5. The number of pyridine rings is 1. The molecule has 0 spiro atoms. The lowest BCUT2D eigenvalue weighted by atomic mass is 9.71. The van der Waals surface area contributed by atoms with Crippen molar-refractivity contribution in [3.63, 3.8) is 0 Å². The lowest BCUT2D eigenvalue weighted by molar-refractivity contribution is -0.116. The number of nitrogens with one attached hydrogen (secondary N) is 2. The SMILES string of the molecule is COc1ccc(C2CC(=O)C3=C(C2)NC(C)=C(C(=O)Nc2cccnc2)C3c2cccc(Cl)c2Cl)cc1. The van der Waals surface area contributed by atoms with Crippen LogP contribution in [0.25, 0.3) is 0 Å². The molecule has 2 atom stereocenters. The number of allylic oxidation sites excluding steroid dienone is 3. The van der Waals surface area contributed by atoms with Gasteiger partial charge in [0.05, 0.1) is 29.0 Å². The predicted molar refractivity (Wildman–Crippen MR) is 145 cm³/mol. The molecule has 0 bridgehead atoms. The van der Waals surface area contributed by atoms with Crippen LogP contribution in [0.4, 0.5) is 5.69 Å². The van der Waals surface area contributed by atoms with Crippen LogP contribution in [0.5, 0.6) is 5.75 Å². The van der Waals surface area contributed by atoms with Crippen LogP contribution in [0.3, 0.4) is 0 Å². The molecule has 3 aromatic rings. The van der Waals surface area contributed by atoms with E-state index in [4.69, 9.17) is 27.9 Å². The predicted octanol–water partition coefficient (Wildman–Crippen LogP) is 6.40. The first-order chi connectivity index (χ1) is 17.9. The van der Waals surface area contributed by atoms with Gasteiger partial charge in [0.25, 0.3) is 5.91 Å². The lowest BCUT2D eigenvalue weighted by Gasteiger charge is -2.37. The number of amides is 1. The van der Waals surface area contributed by atoms with Gasteiger partial charge in [-0.15, -0.1) is 0 Å². The minimum absolute atomic E-state index is 0.00120. The molecule has 6 nitrogen and oxygen atoms in total. The molecule has 0 saturated carbocycles. The van der Waals surface area contributed by atoms with Crippen molar-refractivity contribution in [2.24, 2.45) is 0 Å². The number of rotatable bonds is 5. The highest BCUT2D eigenvalue weighted by Crippen LogP contribution is 2.48. The number of anilines is 1. The summed E-state index contributed by atoms with van der Waals surface area (Å²) in [5, 5.41) is 6.98. The fraction of sp³-hybridized carbons (Fsp3) is 0.207. The molecular formula is C29H25Cl2N3O3. The molecule has 0 fully saturated rings. The summed E-state index contributed by atoms with van der Waals surface area (Å²) in [7, 11) is 1.63. The summed E-state index contributed by atoms with van der Waals surface area (Å²) in [6, 6.07) is 16.6. The van der Waals surface area contributed by atoms with Crippen molar-refractivity contribution >= 4 is 40.6 Å². The van der Waals surface area contributed by atoms with E-state index in [0.717, 1.165) is 17.0 Å². The number of benzene rings is 2. The fourth-order valence-electron chi connectivity index (χ4n) is 5.14. The molecule has 37 heavy (non-hydrogen) atoms. The number of halogens is 2. The average Bonchev–Trinajstić information content (AvgIpc) is 2.90. The van der Waals surface area contributed by atoms with E-state index in [0.29, 0.717) is 51.0 Å². The Morgan fingerprint density at radius 2 is 1.86 bits per heavy atom. The number of Topliss-reactive ketones (excluding diaryl/α,β-unsaturated/α-hetero) is 1. The van der Waals surface area contributed by atoms with Crippen molar-refractivity contribution in [3.05, 3.63) is 111 Å². The Bertz CT molecular complexity index is 1430. The number of nitrogens with zero attached hydrogens (tertiary/aromatic N) is 1. The van der Waals surface area contributed by atoms with Crippen LogP contribution in [0.1, 0.15) is 42.7 Å². The molecule has 188 valence electrons. The number of aromatic nitrogens is 1. The number of methoxy groups -OCH3 is 1. The highest BCUT2D eigenvalue weighted by molar-refractivity contribution is 6.42. The zero-order valence-electron chi connectivity index (χ0n) is 20.3. The van der Waals surface area contributed by atoms with Gasteiger partial charge in [-0.05, 0) is 60.7 Å². The molecule has 2 aromatic carbocycles. The molecule has 2 heterocycles. The summed E-state index contributed by atoms with van der Waals surface area (Å²) >= 11 is 13.1. The second-order valence-electron chi connectivity index (χ2n) is 9.13. The Balaban J connectivity index is 1.58. The van der Waals surface area contributed by atoms with Crippen molar-refractivity contribution in [1.82, 2.24) is 10.3 Å². The molecule has 0 radical (unpaired) electrons. The molecule has 8 heteroatoms. The summed E-state index contributed by atoms with van der Waals surface area (Å²) in [6.07, 6.45) is 4.14. The zero-order chi connectivity index (χ0) is 26.1. The summed E-state index contributed by atoms with van der Waals surface area (Å²) in [5.41, 5.74) is 4.66. The number of ketones is 1. The van der Waals surface area contributed by atoms with E-state index in [-0.39, 0.29) is 17.6 Å². The van der Waals surface area contributed by atoms with Crippen molar-refractivity contribution in [2.45, 2.75) is 31.6 Å². The number of hydrogen-bond acceptors (Lipinski definition) is 5. The van der Waals surface area contributed by atoms with Crippen molar-refractivity contribution in [2.75, 3.05) is 12.4 Å². The Kier molecular flexibility index (Phi) is 7.04. The Morgan fingerprint density at radius 3 is 2.57 bits per heavy atom. The van der Waals surface area contributed by atoms with E-state index < -0.39 is 5.92 Å². The smallest absolute Gasteiger partial charge is 0.254 e. The average molecular weight is 534 g/mol. The summed E-state index contributed by atoms with van der Waals surface area (Å²) in [4.78, 5) is 31.5. The van der Waals surface area contributed by atoms with E-state index in [1.807, 2.05) is 37.3 Å². The first-order valence-corrected chi connectivity index (χ1v) is 12.7. The molecule has 0 saturated heterocycles. The van der Waals surface area contributed by atoms with E-state index in [1.165, 1.54) is 0 Å². The minimum atomic E-state index is -0.663. The summed E-state index contributed by atoms with van der Waals surface area (Å²) < 4.78 is 5.28. The largest absolute Gasteiger partial charge is 0.497 e. The van der Waals surface area contributed by atoms with E-state index >= 15 is 0 Å². The summed E-state index contributed by atoms with van der Waals surface area (Å²) in [5.74, 6) is -0.270. The Morgan fingerprint density at radius 1 is 1.08 bits per heavy atom. The number of hydrogen-bond donors (Lipinski definition) is 2. The van der Waals surface area contributed by atoms with Gasteiger partial charge in [-0.2, -0.15) is 0 Å². The van der Waals surface area contributed by atoms with Crippen molar-refractivity contribution in [3.8, 4) is 5.75 Å². The first kappa shape index (κ1) is 25.1. The van der Waals surface area contributed by atoms with Crippen LogP contribution in [0.2, 0.25) is 10.0 Å². The van der Waals surface area contributed by atoms with E-state index in [1.54, 1.807) is 43.8 Å². The van der Waals surface area contributed by atoms with Crippen molar-refractivity contribution in [1.29, 1.82) is 0 Å². The van der Waals surface area contributed by atoms with Gasteiger partial charge in [0.1, 0.15) is 5.75 Å².